The van der Waals surface area contributed by atoms with Crippen LogP contribution in [0.1, 0.15) is 32.6 Å². The fourth-order valence-corrected chi connectivity index (χ4v) is 2.26. The summed E-state index contributed by atoms with van der Waals surface area (Å²) in [4.78, 5) is 11.6. The van der Waals surface area contributed by atoms with E-state index in [-0.39, 0.29) is 11.9 Å². The van der Waals surface area contributed by atoms with Crippen LogP contribution in [0.25, 0.3) is 0 Å². The molecule has 0 aromatic carbocycles. The van der Waals surface area contributed by atoms with Crippen LogP contribution < -0.4 is 0 Å². The van der Waals surface area contributed by atoms with E-state index in [1.807, 2.05) is 13.0 Å². The number of hydrogen-bond donors (Lipinski definition) is 0. The first-order chi connectivity index (χ1) is 7.70. The molecular formula is C12H16O3W. The van der Waals surface area contributed by atoms with E-state index in [9.17, 15) is 4.79 Å². The average Bonchev–Trinajstić information content (AvgIpc) is 3.08. The summed E-state index contributed by atoms with van der Waals surface area (Å²) < 4.78 is 11.8. The molecule has 0 bridgehead atoms. The van der Waals surface area contributed by atoms with E-state index in [2.05, 4.69) is 0 Å². The molecule has 0 heterocycles. The van der Waals surface area contributed by atoms with Crippen LogP contribution in [0.2, 0.25) is 0 Å². The van der Waals surface area contributed by atoms with Crippen molar-refractivity contribution in [1.82, 2.24) is 0 Å². The molecule has 2 aliphatic rings. The fraction of sp³-hybridized carbons (Fsp3) is 0.667. The van der Waals surface area contributed by atoms with Crippen molar-refractivity contribution in [1.29, 1.82) is 0 Å². The molecule has 0 N–H and O–H groups in total. The Kier molecular flexibility index (Phi) is 4.09. The third-order valence-electron chi connectivity index (χ3n) is 2.66. The molecule has 2 aliphatic carbocycles. The summed E-state index contributed by atoms with van der Waals surface area (Å²) in [5.74, 6) is 1.41. The predicted molar refractivity (Wildman–Crippen MR) is 56.3 cm³/mol. The monoisotopic (exact) mass is 392 g/mol. The van der Waals surface area contributed by atoms with Crippen molar-refractivity contribution in [2.24, 2.45) is 11.8 Å². The molecule has 4 heteroatoms. The number of rotatable bonds is 6. The summed E-state index contributed by atoms with van der Waals surface area (Å²) in [7, 11) is 0. The van der Waals surface area contributed by atoms with Crippen molar-refractivity contribution in [2.75, 3.05) is 6.61 Å². The molecule has 0 radical (unpaired) electrons. The summed E-state index contributed by atoms with van der Waals surface area (Å²) in [6.07, 6.45) is 6.18. The standard InChI is InChI=1S/C12H16O3.W/c1-2-14-8-7-11(9-3-4-9)15-12(13)10-5-6-10;/h7,9-10H,2-6H2,1H3;/b11-7-;. The molecule has 0 aliphatic heterocycles. The average molecular weight is 392 g/mol. The zero-order valence-electron chi connectivity index (χ0n) is 9.40. The number of allylic oxidation sites excluding steroid dienone is 1. The molecule has 0 unspecified atom stereocenters. The van der Waals surface area contributed by atoms with Crippen molar-refractivity contribution in [2.45, 2.75) is 32.6 Å². The molecule has 2 rings (SSSR count). The van der Waals surface area contributed by atoms with Gasteiger partial charge in [-0.15, -0.1) is 0 Å². The van der Waals surface area contributed by atoms with Crippen molar-refractivity contribution in [3.05, 3.63) is 11.8 Å². The maximum absolute atomic E-state index is 11.6. The first-order valence-corrected chi connectivity index (χ1v) is 7.27. The van der Waals surface area contributed by atoms with E-state index < -0.39 is 0 Å². The van der Waals surface area contributed by atoms with Crippen LogP contribution in [0.3, 0.4) is 0 Å². The molecule has 2 fully saturated rings. The van der Waals surface area contributed by atoms with Crippen LogP contribution in [0, 0.1) is 11.8 Å². The number of ether oxygens (including phenoxy) is 2. The second-order valence-corrected chi connectivity index (χ2v) is 5.71. The molecule has 88 valence electrons. The Balaban J connectivity index is 1.93. The molecule has 3 nitrogen and oxygen atoms in total. The van der Waals surface area contributed by atoms with Gasteiger partial charge >= 0.3 is 107 Å². The molecule has 0 amide bonds. The molecule has 0 spiro atoms. The SMILES string of the molecule is CCO[C](=[W])/C=C(\OC(=O)C1CC1)C1CC1. The minimum atomic E-state index is -0.0440. The molecule has 0 aromatic heterocycles. The van der Waals surface area contributed by atoms with Gasteiger partial charge in [0.2, 0.25) is 0 Å². The third-order valence-corrected chi connectivity index (χ3v) is 3.50. The van der Waals surface area contributed by atoms with Crippen LogP contribution >= 0.6 is 0 Å². The van der Waals surface area contributed by atoms with Gasteiger partial charge < -0.3 is 0 Å². The van der Waals surface area contributed by atoms with Crippen LogP contribution in [0.4, 0.5) is 0 Å². The third kappa shape index (κ3) is 3.64. The summed E-state index contributed by atoms with van der Waals surface area (Å²) in [6, 6.07) is 0. The zero-order chi connectivity index (χ0) is 11.5. The Morgan fingerprint density at radius 1 is 1.31 bits per heavy atom. The van der Waals surface area contributed by atoms with Crippen LogP contribution in [0.15, 0.2) is 11.8 Å². The number of hydrogen-bond acceptors (Lipinski definition) is 3. The van der Waals surface area contributed by atoms with Crippen molar-refractivity contribution >= 4 is 10.1 Å². The predicted octanol–water partition coefficient (Wildman–Crippen LogP) is 1.95. The molecule has 0 atom stereocenters. The molecule has 0 aromatic rings. The van der Waals surface area contributed by atoms with Crippen LogP contribution in [-0.4, -0.2) is 16.7 Å². The van der Waals surface area contributed by atoms with Crippen LogP contribution in [-0.2, 0) is 33.6 Å². The first-order valence-electron chi connectivity index (χ1n) is 5.80. The van der Waals surface area contributed by atoms with Gasteiger partial charge in [-0.3, -0.25) is 0 Å². The van der Waals surface area contributed by atoms with E-state index in [4.69, 9.17) is 9.47 Å². The van der Waals surface area contributed by atoms with Gasteiger partial charge in [-0.25, -0.2) is 0 Å². The van der Waals surface area contributed by atoms with Gasteiger partial charge in [0.05, 0.1) is 0 Å². The Morgan fingerprint density at radius 2 is 1.94 bits per heavy atom. The van der Waals surface area contributed by atoms with E-state index in [0.29, 0.717) is 12.5 Å². The molecule has 2 saturated carbocycles. The normalized spacial score (nSPS) is 20.7. The van der Waals surface area contributed by atoms with Gasteiger partial charge in [-0.05, 0) is 0 Å². The van der Waals surface area contributed by atoms with Gasteiger partial charge in [0.15, 0.2) is 0 Å². The Labute approximate surface area is 107 Å². The van der Waals surface area contributed by atoms with E-state index in [0.717, 1.165) is 35.5 Å². The van der Waals surface area contributed by atoms with E-state index in [1.165, 1.54) is 19.4 Å². The zero-order valence-corrected chi connectivity index (χ0v) is 12.3. The minimum absolute atomic E-state index is 0.0440. The van der Waals surface area contributed by atoms with Crippen molar-refractivity contribution in [3.63, 3.8) is 0 Å². The summed E-state index contributed by atoms with van der Waals surface area (Å²) >= 11 is 1.28. The Bertz CT molecular complexity index is 327. The van der Waals surface area contributed by atoms with Gasteiger partial charge in [0, 0.05) is 0 Å². The van der Waals surface area contributed by atoms with Gasteiger partial charge in [0.1, 0.15) is 0 Å². The summed E-state index contributed by atoms with van der Waals surface area (Å²) in [6.45, 7) is 2.63. The van der Waals surface area contributed by atoms with Crippen molar-refractivity contribution in [3.8, 4) is 0 Å². The Hall–Kier alpha value is -0.272. The summed E-state index contributed by atoms with van der Waals surface area (Å²) in [5, 5.41) is 0. The number of esters is 1. The Morgan fingerprint density at radius 3 is 2.44 bits per heavy atom. The first kappa shape index (κ1) is 12.2. The number of carbonyl (C=O) groups is 1. The van der Waals surface area contributed by atoms with Crippen LogP contribution in [0.5, 0.6) is 0 Å². The fourth-order valence-electron chi connectivity index (χ4n) is 1.42. The van der Waals surface area contributed by atoms with E-state index in [1.54, 1.807) is 0 Å². The number of carbonyl (C=O) groups excluding carboxylic acids is 1. The van der Waals surface area contributed by atoms with Gasteiger partial charge in [0.25, 0.3) is 0 Å². The molecular weight excluding hydrogens is 376 g/mol. The molecule has 16 heavy (non-hydrogen) atoms. The summed E-state index contributed by atoms with van der Waals surface area (Å²) in [5.41, 5.74) is 0. The van der Waals surface area contributed by atoms with E-state index >= 15 is 0 Å². The topological polar surface area (TPSA) is 35.5 Å². The van der Waals surface area contributed by atoms with Crippen molar-refractivity contribution < 1.29 is 33.6 Å². The van der Waals surface area contributed by atoms with Gasteiger partial charge in [-0.2, -0.15) is 0 Å². The quantitative estimate of drug-likeness (QED) is 0.512. The second-order valence-electron chi connectivity index (χ2n) is 4.27. The maximum atomic E-state index is 11.6. The van der Waals surface area contributed by atoms with Gasteiger partial charge in [-0.1, -0.05) is 0 Å². The molecule has 0 saturated heterocycles. The second kappa shape index (κ2) is 5.37.